The Balaban J connectivity index is 0.000000350. The van der Waals surface area contributed by atoms with Gasteiger partial charge in [0, 0.05) is 0 Å². The van der Waals surface area contributed by atoms with E-state index >= 15 is 0 Å². The van der Waals surface area contributed by atoms with Gasteiger partial charge in [0.15, 0.2) is 0 Å². The first-order valence-electron chi connectivity index (χ1n) is 14.1. The third kappa shape index (κ3) is 13.1. The number of unbranched alkanes of at least 4 members (excludes halogenated alkanes) is 10. The van der Waals surface area contributed by atoms with Gasteiger partial charge in [0.2, 0.25) is 0 Å². The van der Waals surface area contributed by atoms with E-state index in [9.17, 15) is 10.2 Å². The molecule has 192 valence electrons. The van der Waals surface area contributed by atoms with Crippen molar-refractivity contribution in [3.8, 4) is 11.5 Å². The average Bonchev–Trinajstić information content (AvgIpc) is 2.84. The quantitative estimate of drug-likeness (QED) is 0.240. The van der Waals surface area contributed by atoms with Crippen LogP contribution in [0.1, 0.15) is 141 Å². The zero-order valence-electron chi connectivity index (χ0n) is 22.6. The van der Waals surface area contributed by atoms with Crippen LogP contribution >= 0.6 is 0 Å². The van der Waals surface area contributed by atoms with Gasteiger partial charge in [0.05, 0.1) is 0 Å². The van der Waals surface area contributed by atoms with E-state index in [2.05, 4.69) is 27.7 Å². The highest BCUT2D eigenvalue weighted by Gasteiger charge is 2.09. The third-order valence-electron chi connectivity index (χ3n) is 6.92. The molecule has 0 aromatic heterocycles. The first-order valence-corrected chi connectivity index (χ1v) is 14.1. The summed E-state index contributed by atoms with van der Waals surface area (Å²) in [4.78, 5) is 0. The lowest BCUT2D eigenvalue weighted by molar-refractivity contribution is 0.457. The number of phenols is 2. The van der Waals surface area contributed by atoms with E-state index in [1.165, 1.54) is 89.9 Å². The molecule has 2 unspecified atom stereocenters. The van der Waals surface area contributed by atoms with Crippen LogP contribution in [-0.2, 0) is 0 Å². The van der Waals surface area contributed by atoms with Crippen LogP contribution < -0.4 is 0 Å². The van der Waals surface area contributed by atoms with Crippen molar-refractivity contribution in [3.05, 3.63) is 59.7 Å². The average molecular weight is 469 g/mol. The van der Waals surface area contributed by atoms with Crippen LogP contribution in [-0.4, -0.2) is 10.2 Å². The standard InChI is InChI=1S/C18H30O.C14H22O/c1-3-4-5-6-7-8-9-10-13-16(2)17-14-11-12-15-18(17)19;1-3-4-5-6-9-12(2)13-10-7-8-11-14(13)15/h11-12,14-16,19H,3-10,13H2,1-2H3;7-8,10-12,15H,3-6,9H2,1-2H3. The van der Waals surface area contributed by atoms with Gasteiger partial charge in [-0.25, -0.2) is 0 Å². The Morgan fingerprint density at radius 2 is 0.824 bits per heavy atom. The van der Waals surface area contributed by atoms with Gasteiger partial charge in [-0.3, -0.25) is 0 Å². The maximum atomic E-state index is 9.80. The van der Waals surface area contributed by atoms with E-state index in [0.717, 1.165) is 11.1 Å². The number of phenolic OH excluding ortho intramolecular Hbond substituents is 2. The Morgan fingerprint density at radius 1 is 0.500 bits per heavy atom. The molecule has 0 aliphatic carbocycles. The summed E-state index contributed by atoms with van der Waals surface area (Å²) < 4.78 is 0. The first-order chi connectivity index (χ1) is 16.5. The van der Waals surface area contributed by atoms with Gasteiger partial charge < -0.3 is 10.2 Å². The maximum Gasteiger partial charge on any atom is 0.119 e. The molecule has 0 fully saturated rings. The molecule has 0 heterocycles. The summed E-state index contributed by atoms with van der Waals surface area (Å²) in [7, 11) is 0. The minimum absolute atomic E-state index is 0.445. The van der Waals surface area contributed by atoms with Crippen molar-refractivity contribution in [1.82, 2.24) is 0 Å². The van der Waals surface area contributed by atoms with Crippen molar-refractivity contribution < 1.29 is 10.2 Å². The third-order valence-corrected chi connectivity index (χ3v) is 6.92. The van der Waals surface area contributed by atoms with Crippen molar-refractivity contribution >= 4 is 0 Å². The highest BCUT2D eigenvalue weighted by atomic mass is 16.3. The van der Waals surface area contributed by atoms with Gasteiger partial charge in [-0.2, -0.15) is 0 Å². The van der Waals surface area contributed by atoms with Crippen LogP contribution in [0.5, 0.6) is 11.5 Å². The predicted molar refractivity (Wildman–Crippen MR) is 149 cm³/mol. The fraction of sp³-hybridized carbons (Fsp3) is 0.625. The van der Waals surface area contributed by atoms with E-state index in [4.69, 9.17) is 0 Å². The molecule has 2 N–H and O–H groups in total. The van der Waals surface area contributed by atoms with Crippen LogP contribution in [0, 0.1) is 0 Å². The Bertz CT molecular complexity index is 739. The lowest BCUT2D eigenvalue weighted by Gasteiger charge is -2.13. The molecule has 2 aromatic rings. The Kier molecular flexibility index (Phi) is 17.1. The van der Waals surface area contributed by atoms with E-state index in [1.54, 1.807) is 12.1 Å². The molecule has 2 heteroatoms. The topological polar surface area (TPSA) is 40.5 Å². The van der Waals surface area contributed by atoms with Crippen molar-refractivity contribution in [2.45, 2.75) is 129 Å². The molecule has 0 aliphatic heterocycles. The van der Waals surface area contributed by atoms with Crippen molar-refractivity contribution in [2.24, 2.45) is 0 Å². The number of aromatic hydroxyl groups is 2. The zero-order valence-corrected chi connectivity index (χ0v) is 22.6. The van der Waals surface area contributed by atoms with Gasteiger partial charge in [0.25, 0.3) is 0 Å². The summed E-state index contributed by atoms with van der Waals surface area (Å²) >= 11 is 0. The summed E-state index contributed by atoms with van der Waals surface area (Å²) in [5.74, 6) is 1.85. The van der Waals surface area contributed by atoms with E-state index in [-0.39, 0.29) is 0 Å². The van der Waals surface area contributed by atoms with Crippen LogP contribution in [0.15, 0.2) is 48.5 Å². The van der Waals surface area contributed by atoms with Crippen molar-refractivity contribution in [1.29, 1.82) is 0 Å². The summed E-state index contributed by atoms with van der Waals surface area (Å²) in [5, 5.41) is 19.5. The van der Waals surface area contributed by atoms with Crippen LogP contribution in [0.4, 0.5) is 0 Å². The number of hydrogen-bond acceptors (Lipinski definition) is 2. The highest BCUT2D eigenvalue weighted by Crippen LogP contribution is 2.30. The van der Waals surface area contributed by atoms with Gasteiger partial charge in [-0.1, -0.05) is 141 Å². The lowest BCUT2D eigenvalue weighted by atomic mass is 9.94. The minimum atomic E-state index is 0.445. The molecular weight excluding hydrogens is 416 g/mol. The highest BCUT2D eigenvalue weighted by molar-refractivity contribution is 5.35. The van der Waals surface area contributed by atoms with Crippen LogP contribution in [0.2, 0.25) is 0 Å². The normalized spacial score (nSPS) is 12.6. The molecule has 0 bridgehead atoms. The van der Waals surface area contributed by atoms with Crippen LogP contribution in [0.25, 0.3) is 0 Å². The molecule has 0 aliphatic rings. The molecule has 0 spiro atoms. The minimum Gasteiger partial charge on any atom is -0.508 e. The summed E-state index contributed by atoms with van der Waals surface area (Å²) in [5.41, 5.74) is 2.19. The van der Waals surface area contributed by atoms with Gasteiger partial charge in [0.1, 0.15) is 11.5 Å². The van der Waals surface area contributed by atoms with Gasteiger partial charge in [-0.05, 0) is 47.9 Å². The molecule has 0 radical (unpaired) electrons. The first kappa shape index (κ1) is 30.1. The molecule has 34 heavy (non-hydrogen) atoms. The number of benzene rings is 2. The van der Waals surface area contributed by atoms with Crippen molar-refractivity contribution in [2.75, 3.05) is 0 Å². The maximum absolute atomic E-state index is 9.80. The van der Waals surface area contributed by atoms with E-state index < -0.39 is 0 Å². The zero-order chi connectivity index (χ0) is 25.0. The molecule has 2 rings (SSSR count). The Labute approximate surface area is 210 Å². The summed E-state index contributed by atoms with van der Waals surface area (Å²) in [6.07, 6.45) is 18.5. The van der Waals surface area contributed by atoms with Gasteiger partial charge in [-0.15, -0.1) is 0 Å². The monoisotopic (exact) mass is 468 g/mol. The van der Waals surface area contributed by atoms with E-state index in [0.29, 0.717) is 23.3 Å². The molecule has 2 atom stereocenters. The molecule has 2 nitrogen and oxygen atoms in total. The number of hydrogen-bond donors (Lipinski definition) is 2. The smallest absolute Gasteiger partial charge is 0.119 e. The predicted octanol–water partition coefficient (Wildman–Crippen LogP) is 10.5. The fourth-order valence-corrected chi connectivity index (χ4v) is 4.58. The fourth-order valence-electron chi connectivity index (χ4n) is 4.58. The summed E-state index contributed by atoms with van der Waals surface area (Å²) in [6, 6.07) is 15.4. The molecule has 0 saturated heterocycles. The Morgan fingerprint density at radius 3 is 1.21 bits per heavy atom. The summed E-state index contributed by atoms with van der Waals surface area (Å²) in [6.45, 7) is 8.91. The second kappa shape index (κ2) is 19.4. The number of rotatable bonds is 16. The van der Waals surface area contributed by atoms with Crippen LogP contribution in [0.3, 0.4) is 0 Å². The lowest BCUT2D eigenvalue weighted by Crippen LogP contribution is -1.94. The molecular formula is C32H52O2. The second-order valence-electron chi connectivity index (χ2n) is 10.0. The largest absolute Gasteiger partial charge is 0.508 e. The Hall–Kier alpha value is -1.96. The number of para-hydroxylation sites is 2. The van der Waals surface area contributed by atoms with Gasteiger partial charge >= 0.3 is 0 Å². The molecule has 2 aromatic carbocycles. The van der Waals surface area contributed by atoms with Crippen molar-refractivity contribution in [3.63, 3.8) is 0 Å². The molecule has 0 amide bonds. The SMILES string of the molecule is CCCCCCC(C)c1ccccc1O.CCCCCCCCCCC(C)c1ccccc1O. The second-order valence-corrected chi connectivity index (χ2v) is 10.0. The van der Waals surface area contributed by atoms with E-state index in [1.807, 2.05) is 36.4 Å². The molecule has 0 saturated carbocycles.